The summed E-state index contributed by atoms with van der Waals surface area (Å²) in [5, 5.41) is 4.43. The Balaban J connectivity index is 1.52. The Morgan fingerprint density at radius 1 is 1.07 bits per heavy atom. The maximum atomic E-state index is 12.6. The molecule has 1 aromatic carbocycles. The van der Waals surface area contributed by atoms with Crippen LogP contribution in [0.2, 0.25) is 0 Å². The normalized spacial score (nSPS) is 13.5. The van der Waals surface area contributed by atoms with Crippen LogP contribution >= 0.6 is 0 Å². The van der Waals surface area contributed by atoms with Crippen LogP contribution in [0.25, 0.3) is 11.3 Å². The van der Waals surface area contributed by atoms with Gasteiger partial charge >= 0.3 is 0 Å². The highest BCUT2D eigenvalue weighted by Crippen LogP contribution is 2.32. The van der Waals surface area contributed by atoms with Crippen LogP contribution in [0, 0.1) is 0 Å². The van der Waals surface area contributed by atoms with E-state index in [0.717, 1.165) is 17.0 Å². The number of fused-ring (bicyclic) bond motifs is 1. The molecule has 0 fully saturated rings. The van der Waals surface area contributed by atoms with Crippen LogP contribution in [0.4, 0.5) is 0 Å². The second kappa shape index (κ2) is 7.01. The third kappa shape index (κ3) is 3.64. The van der Waals surface area contributed by atoms with Crippen molar-refractivity contribution in [2.75, 3.05) is 13.2 Å². The fraction of sp³-hybridized carbons (Fsp3) is 0.222. The Kier molecular flexibility index (Phi) is 4.54. The molecule has 0 aliphatic carbocycles. The number of aryl methyl sites for hydroxylation is 1. The van der Waals surface area contributed by atoms with Gasteiger partial charge in [0.25, 0.3) is 0 Å². The number of hydrogen-bond acceptors (Lipinski definition) is 6. The Hall–Kier alpha value is -2.91. The first-order valence-corrected chi connectivity index (χ1v) is 9.84. The number of pyridine rings is 1. The molecule has 140 valence electrons. The third-order valence-electron chi connectivity index (χ3n) is 4.22. The van der Waals surface area contributed by atoms with Crippen LogP contribution in [-0.4, -0.2) is 36.4 Å². The van der Waals surface area contributed by atoms with E-state index < -0.39 is 10.0 Å². The van der Waals surface area contributed by atoms with Gasteiger partial charge in [0, 0.05) is 31.1 Å². The van der Waals surface area contributed by atoms with Gasteiger partial charge in [0.2, 0.25) is 10.0 Å². The fourth-order valence-corrected chi connectivity index (χ4v) is 3.79. The Bertz CT molecular complexity index is 1060. The van der Waals surface area contributed by atoms with Crippen molar-refractivity contribution >= 4 is 10.0 Å². The summed E-state index contributed by atoms with van der Waals surface area (Å²) in [5.74, 6) is 0.985. The van der Waals surface area contributed by atoms with Crippen molar-refractivity contribution < 1.29 is 17.9 Å². The van der Waals surface area contributed by atoms with E-state index in [9.17, 15) is 8.42 Å². The molecule has 8 nitrogen and oxygen atoms in total. The molecule has 3 heterocycles. The lowest BCUT2D eigenvalue weighted by atomic mass is 10.2. The summed E-state index contributed by atoms with van der Waals surface area (Å²) >= 11 is 0. The average molecular weight is 386 g/mol. The summed E-state index contributed by atoms with van der Waals surface area (Å²) in [6.07, 6.45) is 3.38. The monoisotopic (exact) mass is 386 g/mol. The van der Waals surface area contributed by atoms with Crippen molar-refractivity contribution in [3.63, 3.8) is 0 Å². The topological polar surface area (TPSA) is 95.3 Å². The van der Waals surface area contributed by atoms with Crippen molar-refractivity contribution in [3.8, 4) is 22.8 Å². The molecule has 0 saturated carbocycles. The van der Waals surface area contributed by atoms with Gasteiger partial charge in [-0.25, -0.2) is 13.1 Å². The maximum Gasteiger partial charge on any atom is 0.241 e. The predicted molar refractivity (Wildman–Crippen MR) is 97.9 cm³/mol. The zero-order chi connectivity index (χ0) is 18.9. The smallest absolute Gasteiger partial charge is 0.241 e. The van der Waals surface area contributed by atoms with E-state index >= 15 is 0 Å². The molecule has 0 saturated heterocycles. The number of rotatable bonds is 5. The molecule has 1 aliphatic heterocycles. The average Bonchev–Trinajstić information content (AvgIpc) is 3.07. The van der Waals surface area contributed by atoms with E-state index in [1.807, 2.05) is 18.2 Å². The lowest BCUT2D eigenvalue weighted by Crippen LogP contribution is -2.25. The Labute approximate surface area is 156 Å². The molecule has 9 heteroatoms. The van der Waals surface area contributed by atoms with Gasteiger partial charge in [0.05, 0.1) is 22.8 Å². The second-order valence-corrected chi connectivity index (χ2v) is 7.78. The van der Waals surface area contributed by atoms with Crippen molar-refractivity contribution in [3.05, 3.63) is 54.5 Å². The minimum Gasteiger partial charge on any atom is -0.486 e. The van der Waals surface area contributed by atoms with E-state index in [1.165, 1.54) is 12.1 Å². The number of sulfonamides is 1. The van der Waals surface area contributed by atoms with Gasteiger partial charge < -0.3 is 9.47 Å². The molecule has 3 aromatic rings. The number of nitrogens with zero attached hydrogens (tertiary/aromatic N) is 3. The molecule has 4 rings (SSSR count). The van der Waals surface area contributed by atoms with Gasteiger partial charge in [-0.1, -0.05) is 0 Å². The highest BCUT2D eigenvalue weighted by Gasteiger charge is 2.20. The van der Waals surface area contributed by atoms with Gasteiger partial charge in [0.1, 0.15) is 13.2 Å². The largest absolute Gasteiger partial charge is 0.486 e. The number of benzene rings is 1. The van der Waals surface area contributed by atoms with E-state index in [0.29, 0.717) is 24.7 Å². The van der Waals surface area contributed by atoms with Crippen LogP contribution in [-0.2, 0) is 23.6 Å². The van der Waals surface area contributed by atoms with Crippen LogP contribution in [0.3, 0.4) is 0 Å². The third-order valence-corrected chi connectivity index (χ3v) is 5.62. The minimum atomic E-state index is -3.70. The Morgan fingerprint density at radius 3 is 2.59 bits per heavy atom. The van der Waals surface area contributed by atoms with Gasteiger partial charge in [-0.2, -0.15) is 5.10 Å². The summed E-state index contributed by atoms with van der Waals surface area (Å²) < 4.78 is 40.4. The van der Waals surface area contributed by atoms with Crippen molar-refractivity contribution in [1.29, 1.82) is 0 Å². The lowest BCUT2D eigenvalue weighted by molar-refractivity contribution is 0.171. The summed E-state index contributed by atoms with van der Waals surface area (Å²) in [5.41, 5.74) is 2.41. The lowest BCUT2D eigenvalue weighted by Gasteiger charge is -2.18. The number of aromatic nitrogens is 3. The van der Waals surface area contributed by atoms with Crippen LogP contribution in [0.1, 0.15) is 5.69 Å². The summed E-state index contributed by atoms with van der Waals surface area (Å²) in [7, 11) is -1.92. The molecule has 0 atom stereocenters. The van der Waals surface area contributed by atoms with Gasteiger partial charge in [-0.05, 0) is 30.3 Å². The standard InChI is InChI=1S/C18H18N4O4S/c1-22-14(10-16(21-22)13-4-6-19-7-5-13)12-20-27(23,24)15-2-3-17-18(11-15)26-9-8-25-17/h2-7,10-11,20H,8-9,12H2,1H3. The van der Waals surface area contributed by atoms with Gasteiger partial charge in [-0.15, -0.1) is 0 Å². The van der Waals surface area contributed by atoms with Crippen LogP contribution in [0.5, 0.6) is 11.5 Å². The summed E-state index contributed by atoms with van der Waals surface area (Å²) in [6, 6.07) is 10.1. The molecule has 0 bridgehead atoms. The molecule has 0 spiro atoms. The fourth-order valence-electron chi connectivity index (χ4n) is 2.78. The number of hydrogen-bond donors (Lipinski definition) is 1. The highest BCUT2D eigenvalue weighted by molar-refractivity contribution is 7.89. The maximum absolute atomic E-state index is 12.6. The van der Waals surface area contributed by atoms with Crippen molar-refractivity contribution in [2.24, 2.45) is 7.05 Å². The van der Waals surface area contributed by atoms with E-state index in [1.54, 1.807) is 30.2 Å². The van der Waals surface area contributed by atoms with Crippen molar-refractivity contribution in [2.45, 2.75) is 11.4 Å². The predicted octanol–water partition coefficient (Wildman–Crippen LogP) is 1.73. The summed E-state index contributed by atoms with van der Waals surface area (Å²) in [4.78, 5) is 4.12. The molecule has 0 unspecified atom stereocenters. The van der Waals surface area contributed by atoms with Gasteiger partial charge in [0.15, 0.2) is 11.5 Å². The first kappa shape index (κ1) is 17.5. The quantitative estimate of drug-likeness (QED) is 0.718. The molecule has 1 aliphatic rings. The minimum absolute atomic E-state index is 0.116. The first-order chi connectivity index (χ1) is 13.0. The molecule has 27 heavy (non-hydrogen) atoms. The van der Waals surface area contributed by atoms with Crippen LogP contribution in [0.15, 0.2) is 53.7 Å². The van der Waals surface area contributed by atoms with E-state index in [4.69, 9.17) is 9.47 Å². The Morgan fingerprint density at radius 2 is 1.81 bits per heavy atom. The number of nitrogens with one attached hydrogen (secondary N) is 1. The highest BCUT2D eigenvalue weighted by atomic mass is 32.2. The molecular weight excluding hydrogens is 368 g/mol. The summed E-state index contributed by atoms with van der Waals surface area (Å²) in [6.45, 7) is 0.972. The molecule has 0 radical (unpaired) electrons. The van der Waals surface area contributed by atoms with Crippen LogP contribution < -0.4 is 14.2 Å². The number of ether oxygens (including phenoxy) is 2. The van der Waals surface area contributed by atoms with Gasteiger partial charge in [-0.3, -0.25) is 9.67 Å². The zero-order valence-corrected chi connectivity index (χ0v) is 15.4. The van der Waals surface area contributed by atoms with E-state index in [-0.39, 0.29) is 11.4 Å². The first-order valence-electron chi connectivity index (χ1n) is 8.35. The van der Waals surface area contributed by atoms with E-state index in [2.05, 4.69) is 14.8 Å². The van der Waals surface area contributed by atoms with Crippen molar-refractivity contribution in [1.82, 2.24) is 19.5 Å². The molecule has 1 N–H and O–H groups in total. The zero-order valence-electron chi connectivity index (χ0n) is 14.6. The second-order valence-electron chi connectivity index (χ2n) is 6.01. The molecule has 0 amide bonds. The molecule has 2 aromatic heterocycles. The molecular formula is C18H18N4O4S. The SMILES string of the molecule is Cn1nc(-c2ccncc2)cc1CNS(=O)(=O)c1ccc2c(c1)OCCO2.